The summed E-state index contributed by atoms with van der Waals surface area (Å²) in [5.74, 6) is 0.0115. The lowest BCUT2D eigenvalue weighted by atomic mass is 10.2. The van der Waals surface area contributed by atoms with Gasteiger partial charge in [0.1, 0.15) is 0 Å². The molecule has 0 N–H and O–H groups in total. The Balaban J connectivity index is 2.08. The number of hydrogen-bond acceptors (Lipinski definition) is 1. The number of amides is 1. The Bertz CT molecular complexity index is 395. The molecule has 0 saturated heterocycles. The Hall–Kier alpha value is -1.28. The lowest BCUT2D eigenvalue weighted by Crippen LogP contribution is -2.30. The third-order valence-electron chi connectivity index (χ3n) is 2.71. The number of rotatable bonds is 4. The van der Waals surface area contributed by atoms with Crippen LogP contribution in [0.25, 0.3) is 0 Å². The number of halogens is 1. The number of nitrogens with zero attached hydrogens (tertiary/aromatic N) is 1. The topological polar surface area (TPSA) is 20.3 Å². The van der Waals surface area contributed by atoms with E-state index in [1.807, 2.05) is 29.2 Å². The molecular formula is C13H14ClNO. The number of hydrogen-bond donors (Lipinski definition) is 0. The van der Waals surface area contributed by atoms with Gasteiger partial charge in [-0.05, 0) is 36.6 Å². The van der Waals surface area contributed by atoms with Gasteiger partial charge in [0.05, 0.1) is 0 Å². The molecule has 16 heavy (non-hydrogen) atoms. The maximum absolute atomic E-state index is 11.6. The Morgan fingerprint density at radius 1 is 1.44 bits per heavy atom. The zero-order valence-electron chi connectivity index (χ0n) is 9.03. The van der Waals surface area contributed by atoms with Crippen molar-refractivity contribution in [3.05, 3.63) is 47.5 Å². The summed E-state index contributed by atoms with van der Waals surface area (Å²) in [6, 6.07) is 8.00. The SMILES string of the molecule is C=CC(=O)N(Cc1ccc(Cl)cc1)C1CC1. The second-order valence-electron chi connectivity index (χ2n) is 4.03. The van der Waals surface area contributed by atoms with Crippen LogP contribution in [-0.4, -0.2) is 16.8 Å². The van der Waals surface area contributed by atoms with Gasteiger partial charge in [0.2, 0.25) is 5.91 Å². The Morgan fingerprint density at radius 3 is 2.56 bits per heavy atom. The van der Waals surface area contributed by atoms with Gasteiger partial charge in [-0.15, -0.1) is 0 Å². The van der Waals surface area contributed by atoms with Crippen molar-refractivity contribution in [1.29, 1.82) is 0 Å². The van der Waals surface area contributed by atoms with Crippen LogP contribution in [0.2, 0.25) is 5.02 Å². The van der Waals surface area contributed by atoms with Crippen LogP contribution in [0, 0.1) is 0 Å². The molecule has 0 atom stereocenters. The summed E-state index contributed by atoms with van der Waals surface area (Å²) >= 11 is 5.82. The Morgan fingerprint density at radius 2 is 2.06 bits per heavy atom. The lowest BCUT2D eigenvalue weighted by Gasteiger charge is -2.20. The molecule has 84 valence electrons. The number of benzene rings is 1. The van der Waals surface area contributed by atoms with Crippen LogP contribution in [0.4, 0.5) is 0 Å². The summed E-state index contributed by atoms with van der Waals surface area (Å²) < 4.78 is 0. The normalized spacial score (nSPS) is 14.6. The van der Waals surface area contributed by atoms with Gasteiger partial charge >= 0.3 is 0 Å². The van der Waals surface area contributed by atoms with Gasteiger partial charge in [0, 0.05) is 17.6 Å². The quantitative estimate of drug-likeness (QED) is 0.735. The lowest BCUT2D eigenvalue weighted by molar-refractivity contribution is -0.127. The molecule has 0 radical (unpaired) electrons. The first-order valence-corrected chi connectivity index (χ1v) is 5.76. The van der Waals surface area contributed by atoms with Crippen molar-refractivity contribution < 1.29 is 4.79 Å². The molecule has 1 saturated carbocycles. The standard InChI is InChI=1S/C13H14ClNO/c1-2-13(16)15(12-7-8-12)9-10-3-5-11(14)6-4-10/h2-6,12H,1,7-9H2. The van der Waals surface area contributed by atoms with Crippen molar-refractivity contribution in [2.45, 2.75) is 25.4 Å². The zero-order chi connectivity index (χ0) is 11.5. The van der Waals surface area contributed by atoms with Crippen molar-refractivity contribution in [2.24, 2.45) is 0 Å². The molecule has 0 spiro atoms. The fraction of sp³-hybridized carbons (Fsp3) is 0.308. The van der Waals surface area contributed by atoms with Crippen LogP contribution in [0.3, 0.4) is 0 Å². The van der Waals surface area contributed by atoms with Crippen LogP contribution in [0.1, 0.15) is 18.4 Å². The molecular weight excluding hydrogens is 222 g/mol. The highest BCUT2D eigenvalue weighted by Crippen LogP contribution is 2.28. The molecule has 0 aliphatic heterocycles. The zero-order valence-corrected chi connectivity index (χ0v) is 9.78. The summed E-state index contributed by atoms with van der Waals surface area (Å²) in [5, 5.41) is 0.719. The van der Waals surface area contributed by atoms with Crippen LogP contribution in [-0.2, 0) is 11.3 Å². The van der Waals surface area contributed by atoms with E-state index in [1.54, 1.807) is 0 Å². The molecule has 1 amide bonds. The molecule has 1 aromatic carbocycles. The van der Waals surface area contributed by atoms with Gasteiger partial charge in [0.25, 0.3) is 0 Å². The monoisotopic (exact) mass is 235 g/mol. The molecule has 1 aromatic rings. The third kappa shape index (κ3) is 2.64. The second-order valence-corrected chi connectivity index (χ2v) is 4.46. The molecule has 2 rings (SSSR count). The molecule has 2 nitrogen and oxygen atoms in total. The Labute approximate surface area is 101 Å². The summed E-state index contributed by atoms with van der Waals surface area (Å²) in [7, 11) is 0. The van der Waals surface area contributed by atoms with E-state index in [4.69, 9.17) is 11.6 Å². The molecule has 1 aliphatic rings. The molecule has 1 aliphatic carbocycles. The van der Waals surface area contributed by atoms with E-state index in [9.17, 15) is 4.79 Å². The smallest absolute Gasteiger partial charge is 0.246 e. The summed E-state index contributed by atoms with van der Waals surface area (Å²) in [5.41, 5.74) is 1.10. The first kappa shape index (κ1) is 11.2. The minimum Gasteiger partial charge on any atom is -0.332 e. The van der Waals surface area contributed by atoms with Gasteiger partial charge in [-0.25, -0.2) is 0 Å². The van der Waals surface area contributed by atoms with E-state index in [0.29, 0.717) is 12.6 Å². The molecule has 0 unspecified atom stereocenters. The van der Waals surface area contributed by atoms with Crippen LogP contribution in [0.5, 0.6) is 0 Å². The Kier molecular flexibility index (Phi) is 3.30. The summed E-state index contributed by atoms with van der Waals surface area (Å²) in [4.78, 5) is 13.5. The highest BCUT2D eigenvalue weighted by atomic mass is 35.5. The number of carbonyl (C=O) groups is 1. The van der Waals surface area contributed by atoms with Gasteiger partial charge in [-0.1, -0.05) is 30.3 Å². The molecule has 1 fully saturated rings. The van der Waals surface area contributed by atoms with E-state index in [2.05, 4.69) is 6.58 Å². The highest BCUT2D eigenvalue weighted by molar-refractivity contribution is 6.30. The average molecular weight is 236 g/mol. The average Bonchev–Trinajstić information content (AvgIpc) is 3.11. The predicted molar refractivity (Wildman–Crippen MR) is 65.2 cm³/mol. The van der Waals surface area contributed by atoms with Crippen molar-refractivity contribution in [1.82, 2.24) is 4.90 Å². The summed E-state index contributed by atoms with van der Waals surface area (Å²) in [6.45, 7) is 4.18. The minimum absolute atomic E-state index is 0.0115. The van der Waals surface area contributed by atoms with E-state index in [-0.39, 0.29) is 5.91 Å². The van der Waals surface area contributed by atoms with E-state index in [0.717, 1.165) is 23.4 Å². The fourth-order valence-electron chi connectivity index (χ4n) is 1.68. The van der Waals surface area contributed by atoms with Gasteiger partial charge in [-0.3, -0.25) is 4.79 Å². The molecule has 0 heterocycles. The summed E-state index contributed by atoms with van der Waals surface area (Å²) in [6.07, 6.45) is 3.59. The first-order valence-electron chi connectivity index (χ1n) is 5.38. The van der Waals surface area contributed by atoms with Crippen LogP contribution >= 0.6 is 11.6 Å². The van der Waals surface area contributed by atoms with Crippen molar-refractivity contribution >= 4 is 17.5 Å². The molecule has 0 bridgehead atoms. The molecule has 3 heteroatoms. The third-order valence-corrected chi connectivity index (χ3v) is 2.96. The van der Waals surface area contributed by atoms with Crippen molar-refractivity contribution in [2.75, 3.05) is 0 Å². The van der Waals surface area contributed by atoms with Crippen LogP contribution in [0.15, 0.2) is 36.9 Å². The highest BCUT2D eigenvalue weighted by Gasteiger charge is 2.31. The van der Waals surface area contributed by atoms with Crippen molar-refractivity contribution in [3.8, 4) is 0 Å². The first-order chi connectivity index (χ1) is 7.70. The minimum atomic E-state index is 0.0115. The van der Waals surface area contributed by atoms with E-state index >= 15 is 0 Å². The van der Waals surface area contributed by atoms with Gasteiger partial charge in [0.15, 0.2) is 0 Å². The molecule has 0 aromatic heterocycles. The van der Waals surface area contributed by atoms with E-state index < -0.39 is 0 Å². The van der Waals surface area contributed by atoms with Crippen LogP contribution < -0.4 is 0 Å². The second kappa shape index (κ2) is 4.71. The predicted octanol–water partition coefficient (Wildman–Crippen LogP) is 3.02. The maximum atomic E-state index is 11.6. The number of carbonyl (C=O) groups excluding carboxylic acids is 1. The van der Waals surface area contributed by atoms with Gasteiger partial charge in [-0.2, -0.15) is 0 Å². The fourth-order valence-corrected chi connectivity index (χ4v) is 1.80. The maximum Gasteiger partial charge on any atom is 0.246 e. The largest absolute Gasteiger partial charge is 0.332 e. The van der Waals surface area contributed by atoms with E-state index in [1.165, 1.54) is 6.08 Å². The van der Waals surface area contributed by atoms with Gasteiger partial charge < -0.3 is 4.90 Å². The van der Waals surface area contributed by atoms with Crippen molar-refractivity contribution in [3.63, 3.8) is 0 Å².